The van der Waals surface area contributed by atoms with Gasteiger partial charge in [0, 0.05) is 14.6 Å². The maximum atomic E-state index is 11.8. The Morgan fingerprint density at radius 1 is 1.10 bits per heavy atom. The van der Waals surface area contributed by atoms with Crippen molar-refractivity contribution in [2.24, 2.45) is 5.92 Å². The molecule has 0 fully saturated rings. The molecule has 0 aliphatic heterocycles. The predicted octanol–water partition coefficient (Wildman–Crippen LogP) is 1.74. The SMILES string of the molecule is CC(C)C[C@@H](C(=O)O)N(CC[Si](C)(C)C)C(=O)C(=O)O. The number of carboxylic acid groups (broad SMARTS) is 2. The van der Waals surface area contributed by atoms with Gasteiger partial charge >= 0.3 is 17.8 Å². The fraction of sp³-hybridized carbons (Fsp3) is 0.769. The summed E-state index contributed by atoms with van der Waals surface area (Å²) in [7, 11) is -1.50. The number of rotatable bonds is 7. The van der Waals surface area contributed by atoms with Gasteiger partial charge in [0.15, 0.2) is 0 Å². The molecule has 20 heavy (non-hydrogen) atoms. The summed E-state index contributed by atoms with van der Waals surface area (Å²) >= 11 is 0. The van der Waals surface area contributed by atoms with Gasteiger partial charge in [-0.2, -0.15) is 0 Å². The topological polar surface area (TPSA) is 94.9 Å². The molecule has 0 aliphatic carbocycles. The Morgan fingerprint density at radius 3 is 1.90 bits per heavy atom. The third-order valence-electron chi connectivity index (χ3n) is 2.90. The standard InChI is InChI=1S/C13H25NO5Si/c1-9(2)8-10(12(16)17)14(11(15)13(18)19)6-7-20(3,4)5/h9-10H,6-8H2,1-5H3,(H,16,17)(H,18,19)/t10-/m0/s1. The van der Waals surface area contributed by atoms with Crippen molar-refractivity contribution in [3.63, 3.8) is 0 Å². The third-order valence-corrected chi connectivity index (χ3v) is 4.63. The molecule has 0 unspecified atom stereocenters. The van der Waals surface area contributed by atoms with E-state index in [4.69, 9.17) is 5.11 Å². The summed E-state index contributed by atoms with van der Waals surface area (Å²) in [5.41, 5.74) is 0. The van der Waals surface area contributed by atoms with Gasteiger partial charge in [-0.3, -0.25) is 4.79 Å². The van der Waals surface area contributed by atoms with Gasteiger partial charge in [-0.1, -0.05) is 33.5 Å². The minimum Gasteiger partial charge on any atom is -0.480 e. The van der Waals surface area contributed by atoms with Crippen molar-refractivity contribution >= 4 is 25.9 Å². The molecule has 116 valence electrons. The fourth-order valence-electron chi connectivity index (χ4n) is 1.79. The summed E-state index contributed by atoms with van der Waals surface area (Å²) in [6, 6.07) is -0.400. The van der Waals surface area contributed by atoms with E-state index >= 15 is 0 Å². The lowest BCUT2D eigenvalue weighted by atomic mass is 10.0. The van der Waals surface area contributed by atoms with Gasteiger partial charge in [0.05, 0.1) is 0 Å². The zero-order valence-corrected chi connectivity index (χ0v) is 13.8. The van der Waals surface area contributed by atoms with E-state index in [9.17, 15) is 19.5 Å². The van der Waals surface area contributed by atoms with Crippen LogP contribution in [0.15, 0.2) is 0 Å². The molecule has 2 N–H and O–H groups in total. The molecule has 7 heteroatoms. The Bertz CT molecular complexity index is 375. The zero-order chi connectivity index (χ0) is 16.1. The molecule has 1 amide bonds. The van der Waals surface area contributed by atoms with Crippen LogP contribution < -0.4 is 0 Å². The lowest BCUT2D eigenvalue weighted by Gasteiger charge is -2.30. The van der Waals surface area contributed by atoms with Crippen molar-refractivity contribution in [2.45, 2.75) is 52.0 Å². The summed E-state index contributed by atoms with van der Waals surface area (Å²) < 4.78 is 0. The molecule has 0 saturated heterocycles. The van der Waals surface area contributed by atoms with Crippen LogP contribution in [0.25, 0.3) is 0 Å². The van der Waals surface area contributed by atoms with E-state index in [1.807, 2.05) is 13.8 Å². The molecule has 0 heterocycles. The van der Waals surface area contributed by atoms with Crippen LogP contribution in [0.3, 0.4) is 0 Å². The molecular weight excluding hydrogens is 278 g/mol. The zero-order valence-electron chi connectivity index (χ0n) is 12.8. The highest BCUT2D eigenvalue weighted by molar-refractivity contribution is 6.76. The summed E-state index contributed by atoms with van der Waals surface area (Å²) in [6.45, 7) is 10.2. The average molecular weight is 303 g/mol. The maximum absolute atomic E-state index is 11.8. The number of hydrogen-bond donors (Lipinski definition) is 2. The Kier molecular flexibility index (Phi) is 6.91. The summed E-state index contributed by atoms with van der Waals surface area (Å²) in [6.07, 6.45) is 0.250. The van der Waals surface area contributed by atoms with Crippen LogP contribution in [0, 0.1) is 5.92 Å². The molecule has 0 bridgehead atoms. The highest BCUT2D eigenvalue weighted by Crippen LogP contribution is 2.16. The van der Waals surface area contributed by atoms with Crippen molar-refractivity contribution in [1.82, 2.24) is 4.90 Å². The first-order valence-electron chi connectivity index (χ1n) is 6.72. The van der Waals surface area contributed by atoms with Crippen LogP contribution in [0.1, 0.15) is 20.3 Å². The van der Waals surface area contributed by atoms with Crippen LogP contribution >= 0.6 is 0 Å². The number of carboxylic acids is 2. The quantitative estimate of drug-likeness (QED) is 0.552. The van der Waals surface area contributed by atoms with E-state index in [1.54, 1.807) is 0 Å². The number of nitrogens with zero attached hydrogens (tertiary/aromatic N) is 1. The number of carbonyl (C=O) groups is 3. The van der Waals surface area contributed by atoms with Gasteiger partial charge in [-0.25, -0.2) is 9.59 Å². The molecule has 0 rings (SSSR count). The predicted molar refractivity (Wildman–Crippen MR) is 78.4 cm³/mol. The smallest absolute Gasteiger partial charge is 0.394 e. The van der Waals surface area contributed by atoms with Crippen LogP contribution in [-0.2, 0) is 14.4 Å². The first kappa shape index (κ1) is 18.6. The van der Waals surface area contributed by atoms with Crippen LogP contribution in [0.5, 0.6) is 0 Å². The van der Waals surface area contributed by atoms with Gasteiger partial charge in [0.25, 0.3) is 0 Å². The minimum atomic E-state index is -1.60. The molecule has 0 radical (unpaired) electrons. The van der Waals surface area contributed by atoms with E-state index < -0.39 is 32.0 Å². The fourth-order valence-corrected chi connectivity index (χ4v) is 2.70. The number of amides is 1. The van der Waals surface area contributed by atoms with Gasteiger partial charge in [-0.05, 0) is 18.4 Å². The van der Waals surface area contributed by atoms with Crippen molar-refractivity contribution in [2.75, 3.05) is 6.54 Å². The first-order valence-corrected chi connectivity index (χ1v) is 10.4. The van der Waals surface area contributed by atoms with Crippen molar-refractivity contribution < 1.29 is 24.6 Å². The minimum absolute atomic E-state index is 0.0621. The second-order valence-corrected chi connectivity index (χ2v) is 12.2. The molecule has 0 aliphatic rings. The number of aliphatic carboxylic acids is 2. The molecule has 0 aromatic carbocycles. The molecule has 0 aromatic rings. The third kappa shape index (κ3) is 6.69. The Labute approximate surface area is 120 Å². The number of hydrogen-bond acceptors (Lipinski definition) is 3. The van der Waals surface area contributed by atoms with Crippen LogP contribution in [0.4, 0.5) is 0 Å². The monoisotopic (exact) mass is 303 g/mol. The Balaban J connectivity index is 5.19. The highest BCUT2D eigenvalue weighted by atomic mass is 28.3. The second kappa shape index (κ2) is 7.42. The molecule has 0 aromatic heterocycles. The van der Waals surface area contributed by atoms with Gasteiger partial charge in [-0.15, -0.1) is 0 Å². The maximum Gasteiger partial charge on any atom is 0.394 e. The van der Waals surface area contributed by atoms with Crippen LogP contribution in [0.2, 0.25) is 25.7 Å². The van der Waals surface area contributed by atoms with Crippen molar-refractivity contribution in [3.05, 3.63) is 0 Å². The lowest BCUT2D eigenvalue weighted by Crippen LogP contribution is -2.50. The van der Waals surface area contributed by atoms with E-state index in [2.05, 4.69) is 19.6 Å². The largest absolute Gasteiger partial charge is 0.480 e. The van der Waals surface area contributed by atoms with Crippen molar-refractivity contribution in [1.29, 1.82) is 0 Å². The molecule has 1 atom stereocenters. The molecule has 0 saturated carbocycles. The molecular formula is C13H25NO5Si. The van der Waals surface area contributed by atoms with E-state index in [0.717, 1.165) is 4.90 Å². The summed E-state index contributed by atoms with van der Waals surface area (Å²) in [4.78, 5) is 35.0. The number of carbonyl (C=O) groups excluding carboxylic acids is 1. The lowest BCUT2D eigenvalue weighted by molar-refractivity contribution is -0.161. The molecule has 0 spiro atoms. The average Bonchev–Trinajstić information content (AvgIpc) is 2.24. The Morgan fingerprint density at radius 2 is 1.60 bits per heavy atom. The van der Waals surface area contributed by atoms with Gasteiger partial charge in [0.1, 0.15) is 6.04 Å². The molecule has 6 nitrogen and oxygen atoms in total. The first-order chi connectivity index (χ1) is 8.95. The summed E-state index contributed by atoms with van der Waals surface area (Å²) in [5.74, 6) is -3.82. The van der Waals surface area contributed by atoms with Crippen LogP contribution in [-0.4, -0.2) is 53.6 Å². The normalized spacial score (nSPS) is 13.1. The second-order valence-electron chi connectivity index (χ2n) is 6.60. The van der Waals surface area contributed by atoms with E-state index in [1.165, 1.54) is 0 Å². The van der Waals surface area contributed by atoms with E-state index in [0.29, 0.717) is 6.04 Å². The van der Waals surface area contributed by atoms with Crippen molar-refractivity contribution in [3.8, 4) is 0 Å². The Hall–Kier alpha value is -1.37. The van der Waals surface area contributed by atoms with Gasteiger partial charge < -0.3 is 15.1 Å². The highest BCUT2D eigenvalue weighted by Gasteiger charge is 2.34. The summed E-state index contributed by atoms with van der Waals surface area (Å²) in [5, 5.41) is 18.2. The van der Waals surface area contributed by atoms with Gasteiger partial charge in [0.2, 0.25) is 0 Å². The van der Waals surface area contributed by atoms with E-state index in [-0.39, 0.29) is 18.9 Å².